The summed E-state index contributed by atoms with van der Waals surface area (Å²) in [6.45, 7) is 7.00. The van der Waals surface area contributed by atoms with Gasteiger partial charge in [0.1, 0.15) is 0 Å². The maximum atomic E-state index is 2.47. The van der Waals surface area contributed by atoms with Gasteiger partial charge in [0.25, 0.3) is 0 Å². The molecule has 312 valence electrons. The Morgan fingerprint density at radius 1 is 0.308 bits per heavy atom. The van der Waals surface area contributed by atoms with Crippen LogP contribution in [0.2, 0.25) is 0 Å². The molecule has 0 heterocycles. The summed E-state index contributed by atoms with van der Waals surface area (Å²) in [6.07, 6.45) is 0. The van der Waals surface area contributed by atoms with Crippen molar-refractivity contribution in [3.63, 3.8) is 0 Å². The van der Waals surface area contributed by atoms with Crippen molar-refractivity contribution in [3.05, 3.63) is 259 Å². The molecule has 10 aromatic carbocycles. The van der Waals surface area contributed by atoms with Crippen LogP contribution in [0.3, 0.4) is 0 Å². The normalized spacial score (nSPS) is 12.4. The predicted octanol–water partition coefficient (Wildman–Crippen LogP) is 17.5. The van der Waals surface area contributed by atoms with E-state index in [-0.39, 0.29) is 5.41 Å². The summed E-state index contributed by atoms with van der Waals surface area (Å²) < 4.78 is 0. The SMILES string of the molecule is Cc1cccc2c1-c1ccc(N(c3cc(N(c4ccccc4)c4ccccc4)cc(N(c4ccccc4)c4ccccc4)c3)c3ccc4cccc(-c5ccccc5)c4c3)cc1C2(C)C. The van der Waals surface area contributed by atoms with Gasteiger partial charge in [0, 0.05) is 39.5 Å². The van der Waals surface area contributed by atoms with Crippen molar-refractivity contribution in [1.82, 2.24) is 0 Å². The van der Waals surface area contributed by atoms with Crippen LogP contribution in [-0.4, -0.2) is 0 Å². The molecular formula is C62H49N3. The van der Waals surface area contributed by atoms with E-state index in [9.17, 15) is 0 Å². The summed E-state index contributed by atoms with van der Waals surface area (Å²) in [6, 6.07) is 88.2. The number of benzene rings is 10. The fraction of sp³-hybridized carbons (Fsp3) is 0.0645. The number of fused-ring (bicyclic) bond motifs is 4. The lowest BCUT2D eigenvalue weighted by Gasteiger charge is -2.33. The van der Waals surface area contributed by atoms with Gasteiger partial charge >= 0.3 is 0 Å². The maximum absolute atomic E-state index is 2.47. The van der Waals surface area contributed by atoms with Crippen LogP contribution in [0.15, 0.2) is 243 Å². The molecule has 65 heavy (non-hydrogen) atoms. The molecule has 1 aliphatic rings. The topological polar surface area (TPSA) is 9.72 Å². The molecule has 0 atom stereocenters. The van der Waals surface area contributed by atoms with Crippen molar-refractivity contribution in [2.45, 2.75) is 26.2 Å². The van der Waals surface area contributed by atoms with Gasteiger partial charge in [0.05, 0.1) is 17.1 Å². The summed E-state index contributed by atoms with van der Waals surface area (Å²) in [4.78, 5) is 7.22. The zero-order valence-electron chi connectivity index (χ0n) is 36.9. The Balaban J connectivity index is 1.21. The Morgan fingerprint density at radius 3 is 1.28 bits per heavy atom. The van der Waals surface area contributed by atoms with Gasteiger partial charge < -0.3 is 14.7 Å². The highest BCUT2D eigenvalue weighted by atomic mass is 15.2. The fourth-order valence-electron chi connectivity index (χ4n) is 9.98. The van der Waals surface area contributed by atoms with Crippen LogP contribution in [0.4, 0.5) is 51.2 Å². The zero-order chi connectivity index (χ0) is 43.9. The monoisotopic (exact) mass is 835 g/mol. The van der Waals surface area contributed by atoms with Crippen molar-refractivity contribution in [2.24, 2.45) is 0 Å². The molecule has 0 saturated heterocycles. The van der Waals surface area contributed by atoms with Gasteiger partial charge in [0.15, 0.2) is 0 Å². The van der Waals surface area contributed by atoms with Gasteiger partial charge in [-0.1, -0.05) is 166 Å². The molecule has 3 heteroatoms. The first-order valence-corrected chi connectivity index (χ1v) is 22.5. The third kappa shape index (κ3) is 7.22. The highest BCUT2D eigenvalue weighted by Crippen LogP contribution is 2.53. The van der Waals surface area contributed by atoms with E-state index < -0.39 is 0 Å². The van der Waals surface area contributed by atoms with E-state index in [0.717, 1.165) is 51.2 Å². The smallest absolute Gasteiger partial charge is 0.0503 e. The van der Waals surface area contributed by atoms with Gasteiger partial charge in [-0.15, -0.1) is 0 Å². The summed E-state index contributed by atoms with van der Waals surface area (Å²) in [5.41, 5.74) is 18.5. The third-order valence-electron chi connectivity index (χ3n) is 13.1. The Morgan fingerprint density at radius 2 is 0.754 bits per heavy atom. The van der Waals surface area contributed by atoms with Gasteiger partial charge in [-0.05, 0) is 148 Å². The quantitative estimate of drug-likeness (QED) is 0.136. The number of para-hydroxylation sites is 4. The van der Waals surface area contributed by atoms with Crippen molar-refractivity contribution >= 4 is 62.0 Å². The van der Waals surface area contributed by atoms with Crippen LogP contribution in [0.5, 0.6) is 0 Å². The minimum atomic E-state index is -0.190. The molecule has 0 aromatic heterocycles. The second-order valence-corrected chi connectivity index (χ2v) is 17.5. The molecular weight excluding hydrogens is 787 g/mol. The Kier molecular flexibility index (Phi) is 10.1. The molecule has 1 aliphatic carbocycles. The van der Waals surface area contributed by atoms with E-state index in [2.05, 4.69) is 278 Å². The van der Waals surface area contributed by atoms with E-state index in [4.69, 9.17) is 0 Å². The molecule has 3 nitrogen and oxygen atoms in total. The molecule has 0 N–H and O–H groups in total. The maximum Gasteiger partial charge on any atom is 0.0503 e. The summed E-state index contributed by atoms with van der Waals surface area (Å²) in [5, 5.41) is 2.40. The predicted molar refractivity (Wildman–Crippen MR) is 276 cm³/mol. The molecule has 0 aliphatic heterocycles. The molecule has 0 fully saturated rings. The Hall–Kier alpha value is -8.14. The average molecular weight is 836 g/mol. The number of hydrogen-bond donors (Lipinski definition) is 0. The highest BCUT2D eigenvalue weighted by Gasteiger charge is 2.37. The fourth-order valence-corrected chi connectivity index (χ4v) is 9.98. The number of rotatable bonds is 10. The molecule has 0 spiro atoms. The van der Waals surface area contributed by atoms with E-state index in [1.54, 1.807) is 0 Å². The minimum Gasteiger partial charge on any atom is -0.310 e. The van der Waals surface area contributed by atoms with Gasteiger partial charge in [0.2, 0.25) is 0 Å². The van der Waals surface area contributed by atoms with Crippen LogP contribution >= 0.6 is 0 Å². The molecule has 0 unspecified atom stereocenters. The lowest BCUT2D eigenvalue weighted by Crippen LogP contribution is -2.18. The van der Waals surface area contributed by atoms with Crippen molar-refractivity contribution in [1.29, 1.82) is 0 Å². The van der Waals surface area contributed by atoms with Crippen LogP contribution < -0.4 is 14.7 Å². The number of aryl methyl sites for hydroxylation is 1. The zero-order valence-corrected chi connectivity index (χ0v) is 36.9. The summed E-state index contributed by atoms with van der Waals surface area (Å²) >= 11 is 0. The first-order chi connectivity index (χ1) is 31.9. The number of nitrogens with zero attached hydrogens (tertiary/aromatic N) is 3. The molecule has 0 amide bonds. The Bertz CT molecular complexity index is 3110. The standard InChI is InChI=1S/C62H49N3/c1-44-21-19-34-59-61(44)57-38-37-52(43-60(57)62(59,2)3)65(51-36-35-46-24-20-33-56(58(46)42-51)45-22-9-4-10-23-45)55-40-53(63(47-25-11-5-12-26-47)48-27-13-6-14-28-48)39-54(41-55)64(49-29-15-7-16-30-49)50-31-17-8-18-32-50/h4-43H,1-3H3. The van der Waals surface area contributed by atoms with Crippen LogP contribution in [0.1, 0.15) is 30.5 Å². The average Bonchev–Trinajstić information content (AvgIpc) is 3.59. The lowest BCUT2D eigenvalue weighted by molar-refractivity contribution is 0.660. The van der Waals surface area contributed by atoms with Crippen molar-refractivity contribution in [2.75, 3.05) is 14.7 Å². The van der Waals surface area contributed by atoms with E-state index in [0.29, 0.717) is 0 Å². The van der Waals surface area contributed by atoms with E-state index in [1.165, 1.54) is 49.7 Å². The van der Waals surface area contributed by atoms with Gasteiger partial charge in [-0.3, -0.25) is 0 Å². The number of hydrogen-bond acceptors (Lipinski definition) is 3. The van der Waals surface area contributed by atoms with E-state index >= 15 is 0 Å². The summed E-state index contributed by atoms with van der Waals surface area (Å²) in [5.74, 6) is 0. The number of anilines is 9. The first-order valence-electron chi connectivity index (χ1n) is 22.5. The molecule has 0 radical (unpaired) electrons. The molecule has 0 saturated carbocycles. The second kappa shape index (κ2) is 16.5. The largest absolute Gasteiger partial charge is 0.310 e. The highest BCUT2D eigenvalue weighted by molar-refractivity contribution is 6.00. The van der Waals surface area contributed by atoms with Crippen molar-refractivity contribution in [3.8, 4) is 22.3 Å². The first kappa shape index (κ1) is 39.7. The minimum absolute atomic E-state index is 0.190. The third-order valence-corrected chi connectivity index (χ3v) is 13.1. The summed E-state index contributed by atoms with van der Waals surface area (Å²) in [7, 11) is 0. The van der Waals surface area contributed by atoms with Crippen LogP contribution in [0.25, 0.3) is 33.0 Å². The molecule has 11 rings (SSSR count). The van der Waals surface area contributed by atoms with Crippen LogP contribution in [-0.2, 0) is 5.41 Å². The van der Waals surface area contributed by atoms with E-state index in [1.807, 2.05) is 0 Å². The van der Waals surface area contributed by atoms with Crippen LogP contribution in [0, 0.1) is 6.92 Å². The van der Waals surface area contributed by atoms with Crippen molar-refractivity contribution < 1.29 is 0 Å². The van der Waals surface area contributed by atoms with Gasteiger partial charge in [-0.25, -0.2) is 0 Å². The molecule has 0 bridgehead atoms. The Labute approximate surface area is 382 Å². The lowest BCUT2D eigenvalue weighted by atomic mass is 9.82. The molecule has 10 aromatic rings. The second-order valence-electron chi connectivity index (χ2n) is 17.5. The van der Waals surface area contributed by atoms with Gasteiger partial charge in [-0.2, -0.15) is 0 Å².